The lowest BCUT2D eigenvalue weighted by Gasteiger charge is -2.19. The fourth-order valence-electron chi connectivity index (χ4n) is 4.45. The largest absolute Gasteiger partial charge is 0.353 e. The quantitative estimate of drug-likeness (QED) is 0.863. The van der Waals surface area contributed by atoms with E-state index in [0.29, 0.717) is 37.2 Å². The predicted octanol–water partition coefficient (Wildman–Crippen LogP) is 2.95. The molecule has 2 aliphatic rings. The molecule has 1 aromatic carbocycles. The Labute approximate surface area is 152 Å². The van der Waals surface area contributed by atoms with Crippen LogP contribution in [0, 0.1) is 17.7 Å². The van der Waals surface area contributed by atoms with E-state index in [2.05, 4.69) is 20.7 Å². The first kappa shape index (κ1) is 17.1. The second-order valence-electron chi connectivity index (χ2n) is 7.43. The fourth-order valence-corrected chi connectivity index (χ4v) is 4.45. The zero-order valence-electron chi connectivity index (χ0n) is 14.8. The number of benzene rings is 1. The number of rotatable bonds is 6. The fraction of sp³-hybridized carbons (Fsp3) is 0.579. The van der Waals surface area contributed by atoms with Gasteiger partial charge in [-0.2, -0.15) is 4.80 Å². The lowest BCUT2D eigenvalue weighted by atomic mass is 9.97. The molecule has 0 bridgehead atoms. The third-order valence-electron chi connectivity index (χ3n) is 5.75. The number of carbonyl (C=O) groups excluding carboxylic acids is 1. The van der Waals surface area contributed by atoms with E-state index >= 15 is 0 Å². The molecular formula is C19H24FN5O. The summed E-state index contributed by atoms with van der Waals surface area (Å²) in [6.07, 6.45) is 7.47. The van der Waals surface area contributed by atoms with Gasteiger partial charge in [0.05, 0.1) is 6.54 Å². The second kappa shape index (κ2) is 7.51. The van der Waals surface area contributed by atoms with Crippen molar-refractivity contribution in [1.29, 1.82) is 0 Å². The van der Waals surface area contributed by atoms with Crippen LogP contribution in [0.25, 0.3) is 11.4 Å². The van der Waals surface area contributed by atoms with Crippen LogP contribution in [0.4, 0.5) is 4.39 Å². The van der Waals surface area contributed by atoms with Gasteiger partial charge in [0.1, 0.15) is 5.82 Å². The van der Waals surface area contributed by atoms with Crippen LogP contribution in [0.2, 0.25) is 0 Å². The van der Waals surface area contributed by atoms with Gasteiger partial charge in [-0.25, -0.2) is 4.39 Å². The summed E-state index contributed by atoms with van der Waals surface area (Å²) >= 11 is 0. The molecule has 3 atom stereocenters. The highest BCUT2D eigenvalue weighted by Crippen LogP contribution is 2.43. The molecule has 0 aliphatic heterocycles. The standard InChI is InChI=1S/C19H24FN5O/c20-15-9-6-14(7-10-15)19-22-24-25(23-19)12-2-5-18(26)21-17-11-8-13-3-1-4-16(13)17/h6-7,9-10,13,16-17H,1-5,8,11-12H2,(H,21,26). The van der Waals surface area contributed by atoms with Gasteiger partial charge in [-0.05, 0) is 67.0 Å². The van der Waals surface area contributed by atoms with Gasteiger partial charge < -0.3 is 5.32 Å². The number of tetrazole rings is 1. The Morgan fingerprint density at radius 1 is 1.19 bits per heavy atom. The van der Waals surface area contributed by atoms with Gasteiger partial charge in [-0.3, -0.25) is 4.79 Å². The van der Waals surface area contributed by atoms with Gasteiger partial charge >= 0.3 is 0 Å². The van der Waals surface area contributed by atoms with E-state index in [-0.39, 0.29) is 11.7 Å². The van der Waals surface area contributed by atoms with Crippen LogP contribution in [0.5, 0.6) is 0 Å². The Morgan fingerprint density at radius 3 is 2.88 bits per heavy atom. The molecule has 2 aromatic rings. The number of fused-ring (bicyclic) bond motifs is 1. The molecule has 0 radical (unpaired) electrons. The molecule has 3 unspecified atom stereocenters. The highest BCUT2D eigenvalue weighted by molar-refractivity contribution is 5.76. The molecule has 2 fully saturated rings. The second-order valence-corrected chi connectivity index (χ2v) is 7.43. The maximum absolute atomic E-state index is 13.0. The number of carbonyl (C=O) groups is 1. The molecule has 0 saturated heterocycles. The van der Waals surface area contributed by atoms with E-state index in [9.17, 15) is 9.18 Å². The van der Waals surface area contributed by atoms with E-state index in [1.165, 1.54) is 42.6 Å². The molecule has 1 amide bonds. The van der Waals surface area contributed by atoms with E-state index in [1.54, 1.807) is 12.1 Å². The van der Waals surface area contributed by atoms with Crippen LogP contribution in [-0.2, 0) is 11.3 Å². The number of aromatic nitrogens is 4. The number of nitrogens with one attached hydrogen (secondary N) is 1. The smallest absolute Gasteiger partial charge is 0.220 e. The summed E-state index contributed by atoms with van der Waals surface area (Å²) in [5, 5.41) is 15.5. The minimum absolute atomic E-state index is 0.126. The third-order valence-corrected chi connectivity index (χ3v) is 5.75. The van der Waals surface area contributed by atoms with Crippen molar-refractivity contribution in [2.75, 3.05) is 0 Å². The van der Waals surface area contributed by atoms with Crippen LogP contribution in [0.15, 0.2) is 24.3 Å². The van der Waals surface area contributed by atoms with Gasteiger partial charge in [0, 0.05) is 18.0 Å². The number of hydrogen-bond acceptors (Lipinski definition) is 4. The minimum Gasteiger partial charge on any atom is -0.353 e. The summed E-state index contributed by atoms with van der Waals surface area (Å²) in [6.45, 7) is 0.540. The van der Waals surface area contributed by atoms with Crippen molar-refractivity contribution in [2.45, 2.75) is 57.5 Å². The molecule has 0 spiro atoms. The highest BCUT2D eigenvalue weighted by atomic mass is 19.1. The number of hydrogen-bond donors (Lipinski definition) is 1. The molecule has 6 nitrogen and oxygen atoms in total. The summed E-state index contributed by atoms with van der Waals surface area (Å²) in [5.74, 6) is 1.84. The Kier molecular flexibility index (Phi) is 4.95. The maximum Gasteiger partial charge on any atom is 0.220 e. The predicted molar refractivity (Wildman–Crippen MR) is 94.4 cm³/mol. The summed E-state index contributed by atoms with van der Waals surface area (Å²) in [5.41, 5.74) is 0.725. The Morgan fingerprint density at radius 2 is 2.04 bits per heavy atom. The van der Waals surface area contributed by atoms with E-state index < -0.39 is 0 Å². The zero-order chi connectivity index (χ0) is 17.9. The molecule has 1 N–H and O–H groups in total. The van der Waals surface area contributed by atoms with Crippen molar-refractivity contribution in [3.8, 4) is 11.4 Å². The SMILES string of the molecule is O=C(CCCn1nnc(-c2ccc(F)cc2)n1)NC1CCC2CCCC21. The van der Waals surface area contributed by atoms with Crippen molar-refractivity contribution in [2.24, 2.45) is 11.8 Å². The van der Waals surface area contributed by atoms with E-state index in [4.69, 9.17) is 0 Å². The van der Waals surface area contributed by atoms with Gasteiger partial charge in [0.15, 0.2) is 0 Å². The number of nitrogens with zero attached hydrogens (tertiary/aromatic N) is 4. The van der Waals surface area contributed by atoms with E-state index in [1.807, 2.05) is 0 Å². The summed E-state index contributed by atoms with van der Waals surface area (Å²) in [7, 11) is 0. The first-order chi connectivity index (χ1) is 12.7. The average molecular weight is 357 g/mol. The molecule has 1 heterocycles. The van der Waals surface area contributed by atoms with Crippen LogP contribution >= 0.6 is 0 Å². The van der Waals surface area contributed by atoms with Gasteiger partial charge in [-0.15, -0.1) is 10.2 Å². The number of aryl methyl sites for hydroxylation is 1. The van der Waals surface area contributed by atoms with Gasteiger partial charge in [-0.1, -0.05) is 12.8 Å². The topological polar surface area (TPSA) is 72.7 Å². The monoisotopic (exact) mass is 357 g/mol. The van der Waals surface area contributed by atoms with Gasteiger partial charge in [0.25, 0.3) is 0 Å². The lowest BCUT2D eigenvalue weighted by molar-refractivity contribution is -0.122. The first-order valence-electron chi connectivity index (χ1n) is 9.52. The first-order valence-corrected chi connectivity index (χ1v) is 9.52. The summed E-state index contributed by atoms with van der Waals surface area (Å²) in [4.78, 5) is 13.7. The normalized spacial score (nSPS) is 24.6. The van der Waals surface area contributed by atoms with Crippen molar-refractivity contribution in [1.82, 2.24) is 25.5 Å². The lowest BCUT2D eigenvalue weighted by Crippen LogP contribution is -2.37. The van der Waals surface area contributed by atoms with Crippen LogP contribution in [-0.4, -0.2) is 32.2 Å². The molecule has 26 heavy (non-hydrogen) atoms. The molecule has 7 heteroatoms. The van der Waals surface area contributed by atoms with Crippen LogP contribution in [0.1, 0.15) is 44.9 Å². The minimum atomic E-state index is -0.293. The van der Waals surface area contributed by atoms with Crippen molar-refractivity contribution in [3.63, 3.8) is 0 Å². The third kappa shape index (κ3) is 3.76. The van der Waals surface area contributed by atoms with Gasteiger partial charge in [0.2, 0.25) is 11.7 Å². The van der Waals surface area contributed by atoms with Crippen LogP contribution in [0.3, 0.4) is 0 Å². The Bertz CT molecular complexity index is 760. The van der Waals surface area contributed by atoms with E-state index in [0.717, 1.165) is 17.9 Å². The summed E-state index contributed by atoms with van der Waals surface area (Å²) < 4.78 is 13.0. The number of amides is 1. The molecule has 138 valence electrons. The molecular weight excluding hydrogens is 333 g/mol. The molecule has 4 rings (SSSR count). The molecule has 2 aliphatic carbocycles. The van der Waals surface area contributed by atoms with Crippen molar-refractivity contribution in [3.05, 3.63) is 30.1 Å². The zero-order valence-corrected chi connectivity index (χ0v) is 14.8. The van der Waals surface area contributed by atoms with Crippen molar-refractivity contribution >= 4 is 5.91 Å². The van der Waals surface area contributed by atoms with Crippen LogP contribution < -0.4 is 5.32 Å². The number of halogens is 1. The highest BCUT2D eigenvalue weighted by Gasteiger charge is 2.39. The Balaban J connectivity index is 1.23. The molecule has 2 saturated carbocycles. The maximum atomic E-state index is 13.0. The van der Waals surface area contributed by atoms with Crippen molar-refractivity contribution < 1.29 is 9.18 Å². The summed E-state index contributed by atoms with van der Waals surface area (Å²) in [6, 6.07) is 6.38. The molecule has 1 aromatic heterocycles. The Hall–Kier alpha value is -2.31. The average Bonchev–Trinajstić information content (AvgIpc) is 3.34.